The number of azide groups is 1. The maximum atomic E-state index is 11.9. The molecule has 21 heavy (non-hydrogen) atoms. The maximum absolute atomic E-state index is 11.9. The Bertz CT molecular complexity index is 719. The minimum atomic E-state index is -0.386. The van der Waals surface area contributed by atoms with Crippen LogP contribution in [0.25, 0.3) is 21.6 Å². The smallest absolute Gasteiger partial charge is 0.338 e. The van der Waals surface area contributed by atoms with Crippen molar-refractivity contribution in [1.82, 2.24) is 0 Å². The van der Waals surface area contributed by atoms with Gasteiger partial charge in [0.05, 0.1) is 19.2 Å². The number of hydrogen-bond acceptors (Lipinski definition) is 3. The number of ether oxygens (including phenoxy) is 1. The van der Waals surface area contributed by atoms with Crippen molar-refractivity contribution in [3.63, 3.8) is 0 Å². The fraction of sp³-hybridized carbons (Fsp3) is 0.188. The zero-order chi connectivity index (χ0) is 15.2. The van der Waals surface area contributed by atoms with Gasteiger partial charge < -0.3 is 4.74 Å². The molecule has 5 nitrogen and oxygen atoms in total. The van der Waals surface area contributed by atoms with Gasteiger partial charge in [-0.3, -0.25) is 0 Å². The normalized spacial score (nSPS) is 9.81. The summed E-state index contributed by atoms with van der Waals surface area (Å²) in [5.41, 5.74) is 12.6. The van der Waals surface area contributed by atoms with E-state index < -0.39 is 0 Å². The molecule has 0 saturated carbocycles. The number of benzene rings is 2. The van der Waals surface area contributed by atoms with E-state index in [1.54, 1.807) is 12.1 Å². The molecule has 0 aliphatic rings. The van der Waals surface area contributed by atoms with Crippen LogP contribution in [0.5, 0.6) is 0 Å². The lowest BCUT2D eigenvalue weighted by Gasteiger charge is -2.12. The second kappa shape index (κ2) is 6.59. The molecule has 0 unspecified atom stereocenters. The molecule has 0 heterocycles. The molecule has 2 aromatic carbocycles. The molecular weight excluding hydrogens is 266 g/mol. The number of carbonyl (C=O) groups is 1. The molecule has 0 bridgehead atoms. The second-order valence-corrected chi connectivity index (χ2v) is 4.58. The van der Waals surface area contributed by atoms with Crippen LogP contribution in [0.1, 0.15) is 21.5 Å². The quantitative estimate of drug-likeness (QED) is 0.363. The van der Waals surface area contributed by atoms with Gasteiger partial charge in [-0.2, -0.15) is 0 Å². The Labute approximate surface area is 122 Å². The lowest BCUT2D eigenvalue weighted by Crippen LogP contribution is -2.04. The summed E-state index contributed by atoms with van der Waals surface area (Å²) in [5.74, 6) is -0.386. The molecule has 0 aliphatic heterocycles. The first kappa shape index (κ1) is 14.6. The number of methoxy groups -OCH3 is 1. The Morgan fingerprint density at radius 1 is 1.24 bits per heavy atom. The molecule has 5 heteroatoms. The van der Waals surface area contributed by atoms with Crippen LogP contribution in [0, 0.1) is 6.92 Å². The van der Waals surface area contributed by atoms with Crippen molar-refractivity contribution in [2.45, 2.75) is 13.5 Å². The highest BCUT2D eigenvalue weighted by atomic mass is 16.5. The lowest BCUT2D eigenvalue weighted by molar-refractivity contribution is 0.0601. The Kier molecular flexibility index (Phi) is 4.59. The average molecular weight is 281 g/mol. The Hall–Kier alpha value is -2.78. The zero-order valence-electron chi connectivity index (χ0n) is 11.9. The number of aryl methyl sites for hydroxylation is 1. The predicted octanol–water partition coefficient (Wildman–Crippen LogP) is 4.26. The molecule has 0 aliphatic carbocycles. The molecule has 0 radical (unpaired) electrons. The highest BCUT2D eigenvalue weighted by molar-refractivity contribution is 5.97. The van der Waals surface area contributed by atoms with E-state index in [0.717, 1.165) is 22.3 Å². The lowest BCUT2D eigenvalue weighted by atomic mass is 9.94. The predicted molar refractivity (Wildman–Crippen MR) is 80.8 cm³/mol. The molecule has 0 N–H and O–H groups in total. The highest BCUT2D eigenvalue weighted by Crippen LogP contribution is 2.28. The van der Waals surface area contributed by atoms with Gasteiger partial charge in [-0.05, 0) is 40.8 Å². The van der Waals surface area contributed by atoms with Gasteiger partial charge in [0.15, 0.2) is 0 Å². The van der Waals surface area contributed by atoms with E-state index in [1.807, 2.05) is 37.3 Å². The third kappa shape index (κ3) is 3.22. The molecule has 0 fully saturated rings. The number of esters is 1. The topological polar surface area (TPSA) is 75.1 Å². The summed E-state index contributed by atoms with van der Waals surface area (Å²) in [4.78, 5) is 14.7. The van der Waals surface area contributed by atoms with Gasteiger partial charge in [0.25, 0.3) is 0 Å². The summed E-state index contributed by atoms with van der Waals surface area (Å²) in [6.07, 6.45) is 0. The zero-order valence-corrected chi connectivity index (χ0v) is 11.9. The molecule has 2 aromatic rings. The Balaban J connectivity index is 2.61. The molecule has 0 spiro atoms. The van der Waals surface area contributed by atoms with Crippen molar-refractivity contribution in [2.75, 3.05) is 7.11 Å². The van der Waals surface area contributed by atoms with E-state index in [0.29, 0.717) is 5.56 Å². The first-order chi connectivity index (χ1) is 10.2. The van der Waals surface area contributed by atoms with Gasteiger partial charge in [0, 0.05) is 4.91 Å². The van der Waals surface area contributed by atoms with Crippen LogP contribution in [0.2, 0.25) is 0 Å². The van der Waals surface area contributed by atoms with Crippen molar-refractivity contribution < 1.29 is 9.53 Å². The molecule has 106 valence electrons. The van der Waals surface area contributed by atoms with Gasteiger partial charge in [-0.1, -0.05) is 41.5 Å². The van der Waals surface area contributed by atoms with Crippen LogP contribution in [-0.2, 0) is 11.3 Å². The van der Waals surface area contributed by atoms with Crippen molar-refractivity contribution >= 4 is 5.97 Å². The van der Waals surface area contributed by atoms with Crippen molar-refractivity contribution in [3.8, 4) is 11.1 Å². The molecule has 0 atom stereocenters. The van der Waals surface area contributed by atoms with Crippen LogP contribution >= 0.6 is 0 Å². The van der Waals surface area contributed by atoms with Crippen LogP contribution in [-0.4, -0.2) is 13.1 Å². The molecule has 2 rings (SSSR count). The van der Waals surface area contributed by atoms with E-state index >= 15 is 0 Å². The molecule has 0 saturated heterocycles. The van der Waals surface area contributed by atoms with E-state index in [1.165, 1.54) is 7.11 Å². The average Bonchev–Trinajstić information content (AvgIpc) is 2.52. The van der Waals surface area contributed by atoms with Gasteiger partial charge in [-0.25, -0.2) is 4.79 Å². The minimum absolute atomic E-state index is 0.247. The Morgan fingerprint density at radius 3 is 2.67 bits per heavy atom. The van der Waals surface area contributed by atoms with Gasteiger partial charge in [0.2, 0.25) is 0 Å². The van der Waals surface area contributed by atoms with Gasteiger partial charge >= 0.3 is 5.97 Å². The van der Waals surface area contributed by atoms with Crippen molar-refractivity contribution in [2.24, 2.45) is 5.11 Å². The Morgan fingerprint density at radius 2 is 2.00 bits per heavy atom. The van der Waals surface area contributed by atoms with Gasteiger partial charge in [-0.15, -0.1) is 0 Å². The van der Waals surface area contributed by atoms with Crippen molar-refractivity contribution in [3.05, 3.63) is 69.6 Å². The fourth-order valence-electron chi connectivity index (χ4n) is 2.19. The SMILES string of the molecule is COC(=O)c1ccc(CN=[N+]=[N-])cc1-c1ccccc1C. The third-order valence-corrected chi connectivity index (χ3v) is 3.24. The third-order valence-electron chi connectivity index (χ3n) is 3.24. The summed E-state index contributed by atoms with van der Waals surface area (Å²) in [6, 6.07) is 13.1. The van der Waals surface area contributed by atoms with Crippen molar-refractivity contribution in [1.29, 1.82) is 0 Å². The number of rotatable bonds is 4. The minimum Gasteiger partial charge on any atom is -0.465 e. The second-order valence-electron chi connectivity index (χ2n) is 4.58. The summed E-state index contributed by atoms with van der Waals surface area (Å²) in [6.45, 7) is 2.23. The summed E-state index contributed by atoms with van der Waals surface area (Å²) >= 11 is 0. The first-order valence-corrected chi connectivity index (χ1v) is 6.45. The molecule has 0 amide bonds. The van der Waals surface area contributed by atoms with Crippen LogP contribution in [0.4, 0.5) is 0 Å². The van der Waals surface area contributed by atoms with E-state index in [-0.39, 0.29) is 12.5 Å². The van der Waals surface area contributed by atoms with Crippen LogP contribution in [0.3, 0.4) is 0 Å². The highest BCUT2D eigenvalue weighted by Gasteiger charge is 2.15. The van der Waals surface area contributed by atoms with Crippen LogP contribution in [0.15, 0.2) is 47.6 Å². The van der Waals surface area contributed by atoms with E-state index in [2.05, 4.69) is 10.0 Å². The number of nitrogens with zero attached hydrogens (tertiary/aromatic N) is 3. The standard InChI is InChI=1S/C16H15N3O2/c1-11-5-3-4-6-13(11)15-9-12(10-18-19-17)7-8-14(15)16(20)21-2/h3-9H,10H2,1-2H3. The van der Waals surface area contributed by atoms with Crippen LogP contribution < -0.4 is 0 Å². The monoisotopic (exact) mass is 281 g/mol. The largest absolute Gasteiger partial charge is 0.465 e. The number of carbonyl (C=O) groups excluding carboxylic acids is 1. The fourth-order valence-corrected chi connectivity index (χ4v) is 2.19. The van der Waals surface area contributed by atoms with Gasteiger partial charge in [0.1, 0.15) is 0 Å². The molecule has 0 aromatic heterocycles. The number of hydrogen-bond donors (Lipinski definition) is 0. The first-order valence-electron chi connectivity index (χ1n) is 6.45. The summed E-state index contributed by atoms with van der Waals surface area (Å²) in [7, 11) is 1.36. The van der Waals surface area contributed by atoms with E-state index in [4.69, 9.17) is 10.3 Å². The summed E-state index contributed by atoms with van der Waals surface area (Å²) < 4.78 is 4.84. The maximum Gasteiger partial charge on any atom is 0.338 e. The summed E-state index contributed by atoms with van der Waals surface area (Å²) in [5, 5.41) is 3.56. The molecular formula is C16H15N3O2. The van der Waals surface area contributed by atoms with E-state index in [9.17, 15) is 4.79 Å².